The molecule has 1 rings (SSSR count). The Balaban J connectivity index is 2.26. The molecular formula is C8H14OS. The predicted molar refractivity (Wildman–Crippen MR) is 46.3 cm³/mol. The van der Waals surface area contributed by atoms with Crippen LogP contribution in [0.15, 0.2) is 12.2 Å². The second-order valence-corrected chi connectivity index (χ2v) is 3.74. The van der Waals surface area contributed by atoms with Crippen LogP contribution in [0.1, 0.15) is 13.3 Å². The van der Waals surface area contributed by atoms with Gasteiger partial charge >= 0.3 is 0 Å². The standard InChI is InChI=1S/C8H14OS/c1-2-3-4-7-5-10-6-8(7)9/h2-3,7-9H,4-6H2,1H3/b3-2+. The Labute approximate surface area is 66.5 Å². The van der Waals surface area contributed by atoms with E-state index >= 15 is 0 Å². The molecule has 1 fully saturated rings. The number of aliphatic hydroxyl groups is 1. The minimum Gasteiger partial charge on any atom is -0.392 e. The van der Waals surface area contributed by atoms with Gasteiger partial charge in [0.1, 0.15) is 0 Å². The molecule has 2 atom stereocenters. The molecule has 58 valence electrons. The molecule has 1 aliphatic rings. The molecule has 1 heterocycles. The maximum absolute atomic E-state index is 9.36. The number of thioether (sulfide) groups is 1. The van der Waals surface area contributed by atoms with E-state index in [4.69, 9.17) is 0 Å². The maximum atomic E-state index is 9.36. The number of allylic oxidation sites excluding steroid dienone is 2. The summed E-state index contributed by atoms with van der Waals surface area (Å²) in [4.78, 5) is 0. The summed E-state index contributed by atoms with van der Waals surface area (Å²) in [5, 5.41) is 9.36. The largest absolute Gasteiger partial charge is 0.392 e. The van der Waals surface area contributed by atoms with Gasteiger partial charge in [0.2, 0.25) is 0 Å². The number of aliphatic hydroxyl groups excluding tert-OH is 1. The molecule has 0 aromatic heterocycles. The molecule has 0 aromatic carbocycles. The zero-order valence-corrected chi connectivity index (χ0v) is 7.10. The van der Waals surface area contributed by atoms with Crippen LogP contribution in [0.25, 0.3) is 0 Å². The van der Waals surface area contributed by atoms with Crippen LogP contribution in [0.4, 0.5) is 0 Å². The van der Waals surface area contributed by atoms with Gasteiger partial charge < -0.3 is 5.11 Å². The van der Waals surface area contributed by atoms with Crippen molar-refractivity contribution in [3.8, 4) is 0 Å². The van der Waals surface area contributed by atoms with Crippen molar-refractivity contribution in [3.05, 3.63) is 12.2 Å². The first-order chi connectivity index (χ1) is 4.84. The molecule has 0 saturated carbocycles. The van der Waals surface area contributed by atoms with Gasteiger partial charge in [-0.05, 0) is 25.0 Å². The fourth-order valence-electron chi connectivity index (χ4n) is 1.12. The molecule has 0 bridgehead atoms. The SMILES string of the molecule is C/C=C/CC1CSCC1O. The molecule has 2 unspecified atom stereocenters. The quantitative estimate of drug-likeness (QED) is 0.617. The summed E-state index contributed by atoms with van der Waals surface area (Å²) in [6.07, 6.45) is 5.18. The zero-order chi connectivity index (χ0) is 7.40. The topological polar surface area (TPSA) is 20.2 Å². The molecule has 0 amide bonds. The van der Waals surface area contributed by atoms with Crippen molar-refractivity contribution in [2.24, 2.45) is 5.92 Å². The minimum absolute atomic E-state index is 0.0544. The predicted octanol–water partition coefficient (Wildman–Crippen LogP) is 1.68. The third-order valence-corrected chi connectivity index (χ3v) is 3.08. The molecule has 1 aliphatic heterocycles. The van der Waals surface area contributed by atoms with Crippen LogP contribution in [-0.2, 0) is 0 Å². The third-order valence-electron chi connectivity index (χ3n) is 1.84. The first kappa shape index (κ1) is 8.15. The van der Waals surface area contributed by atoms with Crippen molar-refractivity contribution in [3.63, 3.8) is 0 Å². The van der Waals surface area contributed by atoms with Crippen molar-refractivity contribution < 1.29 is 5.11 Å². The van der Waals surface area contributed by atoms with Crippen LogP contribution < -0.4 is 0 Å². The first-order valence-corrected chi connectivity index (χ1v) is 4.87. The Morgan fingerprint density at radius 3 is 2.90 bits per heavy atom. The average Bonchev–Trinajstić information content (AvgIpc) is 2.31. The van der Waals surface area contributed by atoms with Crippen LogP contribution in [0, 0.1) is 5.92 Å². The van der Waals surface area contributed by atoms with Gasteiger partial charge in [-0.2, -0.15) is 11.8 Å². The monoisotopic (exact) mass is 158 g/mol. The molecular weight excluding hydrogens is 144 g/mol. The van der Waals surface area contributed by atoms with Gasteiger partial charge in [0.25, 0.3) is 0 Å². The second-order valence-electron chi connectivity index (χ2n) is 2.67. The van der Waals surface area contributed by atoms with Gasteiger partial charge in [-0.1, -0.05) is 12.2 Å². The fraction of sp³-hybridized carbons (Fsp3) is 0.750. The highest BCUT2D eigenvalue weighted by Gasteiger charge is 2.23. The molecule has 0 aromatic rings. The zero-order valence-electron chi connectivity index (χ0n) is 6.29. The van der Waals surface area contributed by atoms with Crippen molar-refractivity contribution >= 4 is 11.8 Å². The van der Waals surface area contributed by atoms with E-state index in [9.17, 15) is 5.11 Å². The molecule has 1 nitrogen and oxygen atoms in total. The van der Waals surface area contributed by atoms with E-state index < -0.39 is 0 Å². The summed E-state index contributed by atoms with van der Waals surface area (Å²) < 4.78 is 0. The highest BCUT2D eigenvalue weighted by Crippen LogP contribution is 2.26. The van der Waals surface area contributed by atoms with E-state index in [0.717, 1.165) is 17.9 Å². The lowest BCUT2D eigenvalue weighted by molar-refractivity contribution is 0.151. The summed E-state index contributed by atoms with van der Waals surface area (Å²) >= 11 is 1.86. The van der Waals surface area contributed by atoms with Crippen molar-refractivity contribution in [2.45, 2.75) is 19.4 Å². The van der Waals surface area contributed by atoms with E-state index in [-0.39, 0.29) is 6.10 Å². The van der Waals surface area contributed by atoms with E-state index in [0.29, 0.717) is 5.92 Å². The molecule has 2 heteroatoms. The molecule has 0 radical (unpaired) electrons. The lowest BCUT2D eigenvalue weighted by atomic mass is 10.0. The van der Waals surface area contributed by atoms with Crippen molar-refractivity contribution in [1.29, 1.82) is 0 Å². The molecule has 0 spiro atoms. The van der Waals surface area contributed by atoms with Gasteiger partial charge in [0, 0.05) is 5.75 Å². The van der Waals surface area contributed by atoms with Crippen LogP contribution in [0.5, 0.6) is 0 Å². The van der Waals surface area contributed by atoms with E-state index in [1.807, 2.05) is 18.7 Å². The fourth-order valence-corrected chi connectivity index (χ4v) is 2.43. The van der Waals surface area contributed by atoms with E-state index in [1.165, 1.54) is 0 Å². The molecule has 0 aliphatic carbocycles. The van der Waals surface area contributed by atoms with Crippen molar-refractivity contribution in [2.75, 3.05) is 11.5 Å². The minimum atomic E-state index is -0.0544. The van der Waals surface area contributed by atoms with Crippen LogP contribution in [-0.4, -0.2) is 22.7 Å². The van der Waals surface area contributed by atoms with Gasteiger partial charge in [-0.25, -0.2) is 0 Å². The van der Waals surface area contributed by atoms with Gasteiger partial charge in [0.15, 0.2) is 0 Å². The van der Waals surface area contributed by atoms with E-state index in [2.05, 4.69) is 12.2 Å². The first-order valence-electron chi connectivity index (χ1n) is 3.71. The number of hydrogen-bond donors (Lipinski definition) is 1. The average molecular weight is 158 g/mol. The van der Waals surface area contributed by atoms with Crippen LogP contribution in [0.2, 0.25) is 0 Å². The van der Waals surface area contributed by atoms with Crippen LogP contribution in [0.3, 0.4) is 0 Å². The second kappa shape index (κ2) is 4.04. The summed E-state index contributed by atoms with van der Waals surface area (Å²) in [5.41, 5.74) is 0. The third kappa shape index (κ3) is 2.03. The lowest BCUT2D eigenvalue weighted by Crippen LogP contribution is -2.16. The molecule has 1 saturated heterocycles. The summed E-state index contributed by atoms with van der Waals surface area (Å²) in [6.45, 7) is 2.02. The number of hydrogen-bond acceptors (Lipinski definition) is 2. The molecule has 10 heavy (non-hydrogen) atoms. The summed E-state index contributed by atoms with van der Waals surface area (Å²) in [6, 6.07) is 0. The van der Waals surface area contributed by atoms with Crippen molar-refractivity contribution in [1.82, 2.24) is 0 Å². The summed E-state index contributed by atoms with van der Waals surface area (Å²) in [7, 11) is 0. The Kier molecular flexibility index (Phi) is 3.29. The van der Waals surface area contributed by atoms with Gasteiger partial charge in [-0.15, -0.1) is 0 Å². The highest BCUT2D eigenvalue weighted by atomic mass is 32.2. The van der Waals surface area contributed by atoms with E-state index in [1.54, 1.807) is 0 Å². The lowest BCUT2D eigenvalue weighted by Gasteiger charge is -2.09. The number of rotatable bonds is 2. The highest BCUT2D eigenvalue weighted by molar-refractivity contribution is 7.99. The van der Waals surface area contributed by atoms with Gasteiger partial charge in [-0.3, -0.25) is 0 Å². The summed E-state index contributed by atoms with van der Waals surface area (Å²) in [5.74, 6) is 2.58. The molecule has 1 N–H and O–H groups in total. The maximum Gasteiger partial charge on any atom is 0.0669 e. The Hall–Kier alpha value is 0.0500. The Morgan fingerprint density at radius 1 is 1.60 bits per heavy atom. The van der Waals surface area contributed by atoms with Gasteiger partial charge in [0.05, 0.1) is 6.10 Å². The Morgan fingerprint density at radius 2 is 2.40 bits per heavy atom. The Bertz CT molecular complexity index is 122. The normalized spacial score (nSPS) is 33.8. The van der Waals surface area contributed by atoms with Crippen LogP contribution >= 0.6 is 11.8 Å². The smallest absolute Gasteiger partial charge is 0.0669 e.